The summed E-state index contributed by atoms with van der Waals surface area (Å²) in [6, 6.07) is 5.79. The van der Waals surface area contributed by atoms with Crippen LogP contribution >= 0.6 is 0 Å². The number of nitrogens with one attached hydrogen (secondary N) is 3. The van der Waals surface area contributed by atoms with Crippen LogP contribution in [0.4, 0.5) is 5.69 Å². The first-order valence-corrected chi connectivity index (χ1v) is 13.1. The number of hydrogen-bond acceptors (Lipinski definition) is 8. The van der Waals surface area contributed by atoms with Crippen molar-refractivity contribution in [2.75, 3.05) is 39.8 Å². The molecule has 4 N–H and O–H groups in total. The minimum atomic E-state index is -0.670. The molecule has 0 radical (unpaired) electrons. The number of carbonyl (C=O) groups excluding carboxylic acids is 2. The zero-order valence-electron chi connectivity index (χ0n) is 23.5. The summed E-state index contributed by atoms with van der Waals surface area (Å²) in [5.74, 6) is 0.822. The van der Waals surface area contributed by atoms with Gasteiger partial charge in [0, 0.05) is 25.6 Å². The Bertz CT molecular complexity index is 1260. The summed E-state index contributed by atoms with van der Waals surface area (Å²) in [7, 11) is 4.64. The van der Waals surface area contributed by atoms with Crippen molar-refractivity contribution < 1.29 is 28.9 Å². The minimum Gasteiger partial charge on any atom is -0.493 e. The van der Waals surface area contributed by atoms with Crippen LogP contribution < -0.4 is 35.6 Å². The second-order valence-electron chi connectivity index (χ2n) is 9.83. The standard InChI is InChI=1S/C29H39N3O7/c1-16(2)26(29(36)30-12-7-13-33)32-22-11-9-19-20(15-23(22)35)21(31-17(3)34)10-8-18-14-24(37-4)27(38-5)28(39-6)25(18)19/h9,11,14-16,21,26,33H,7-8,10,12-13H2,1-6H3,(H,30,36)(H,31,34)(H,32,35)/t21-,26-/m1/s1. The molecule has 0 bridgehead atoms. The molecule has 2 aromatic rings. The first kappa shape index (κ1) is 29.8. The average molecular weight is 542 g/mol. The lowest BCUT2D eigenvalue weighted by atomic mass is 9.95. The third-order valence-electron chi connectivity index (χ3n) is 6.81. The van der Waals surface area contributed by atoms with Crippen molar-refractivity contribution in [2.24, 2.45) is 5.92 Å². The lowest BCUT2D eigenvalue weighted by molar-refractivity contribution is -0.122. The van der Waals surface area contributed by atoms with E-state index in [9.17, 15) is 14.4 Å². The molecule has 0 aliphatic heterocycles. The van der Waals surface area contributed by atoms with Gasteiger partial charge in [0.1, 0.15) is 6.04 Å². The fourth-order valence-electron chi connectivity index (χ4n) is 4.93. The molecule has 212 valence electrons. The van der Waals surface area contributed by atoms with Gasteiger partial charge in [0.2, 0.25) is 23.0 Å². The summed E-state index contributed by atoms with van der Waals surface area (Å²) < 4.78 is 17.0. The molecule has 2 amide bonds. The third-order valence-corrected chi connectivity index (χ3v) is 6.81. The highest BCUT2D eigenvalue weighted by molar-refractivity contribution is 5.86. The van der Waals surface area contributed by atoms with E-state index in [1.165, 1.54) is 20.1 Å². The number of benzene rings is 1. The molecule has 0 fully saturated rings. The molecule has 1 aliphatic carbocycles. The van der Waals surface area contributed by atoms with E-state index in [2.05, 4.69) is 16.0 Å². The molecule has 1 aliphatic rings. The molecular weight excluding hydrogens is 502 g/mol. The van der Waals surface area contributed by atoms with Crippen molar-refractivity contribution in [3.63, 3.8) is 0 Å². The Morgan fingerprint density at radius 3 is 2.38 bits per heavy atom. The number of methoxy groups -OCH3 is 3. The van der Waals surface area contributed by atoms with E-state index in [4.69, 9.17) is 19.3 Å². The Balaban J connectivity index is 2.22. The second-order valence-corrected chi connectivity index (χ2v) is 9.83. The summed E-state index contributed by atoms with van der Waals surface area (Å²) in [5, 5.41) is 18.0. The molecule has 0 saturated carbocycles. The third kappa shape index (κ3) is 6.62. The second kappa shape index (κ2) is 13.3. The summed E-state index contributed by atoms with van der Waals surface area (Å²) in [4.78, 5) is 38.5. The van der Waals surface area contributed by atoms with Crippen LogP contribution in [0.5, 0.6) is 17.2 Å². The Morgan fingerprint density at radius 1 is 1.08 bits per heavy atom. The molecule has 0 saturated heterocycles. The van der Waals surface area contributed by atoms with Gasteiger partial charge in [0.15, 0.2) is 11.5 Å². The van der Waals surface area contributed by atoms with Crippen molar-refractivity contribution in [2.45, 2.75) is 52.1 Å². The van der Waals surface area contributed by atoms with Gasteiger partial charge in [-0.05, 0) is 60.1 Å². The Kier molecular flexibility index (Phi) is 10.2. The molecule has 0 unspecified atom stereocenters. The Hall–Kier alpha value is -3.79. The molecule has 0 aromatic heterocycles. The van der Waals surface area contributed by atoms with Crippen molar-refractivity contribution in [1.82, 2.24) is 10.6 Å². The molecule has 2 atom stereocenters. The maximum absolute atomic E-state index is 13.5. The number of rotatable bonds is 11. The van der Waals surface area contributed by atoms with E-state index >= 15 is 0 Å². The van der Waals surface area contributed by atoms with Gasteiger partial charge >= 0.3 is 0 Å². The summed E-state index contributed by atoms with van der Waals surface area (Å²) in [6.07, 6.45) is 1.58. The molecule has 3 rings (SSSR count). The zero-order valence-corrected chi connectivity index (χ0v) is 23.5. The van der Waals surface area contributed by atoms with E-state index in [1.54, 1.807) is 20.3 Å². The number of amides is 2. The van der Waals surface area contributed by atoms with Crippen LogP contribution in [0, 0.1) is 5.92 Å². The van der Waals surface area contributed by atoms with Crippen LogP contribution in [0.15, 0.2) is 29.1 Å². The zero-order chi connectivity index (χ0) is 28.7. The van der Waals surface area contributed by atoms with Crippen molar-refractivity contribution >= 4 is 17.5 Å². The highest BCUT2D eigenvalue weighted by Crippen LogP contribution is 2.50. The van der Waals surface area contributed by atoms with Gasteiger partial charge in [-0.15, -0.1) is 0 Å². The van der Waals surface area contributed by atoms with Crippen LogP contribution in [0.3, 0.4) is 0 Å². The quantitative estimate of drug-likeness (QED) is 0.319. The van der Waals surface area contributed by atoms with Crippen molar-refractivity contribution in [3.05, 3.63) is 45.6 Å². The van der Waals surface area contributed by atoms with Gasteiger partial charge in [0.05, 0.1) is 33.1 Å². The van der Waals surface area contributed by atoms with E-state index in [0.29, 0.717) is 54.2 Å². The maximum Gasteiger partial charge on any atom is 0.242 e. The number of carbonyl (C=O) groups is 2. The highest BCUT2D eigenvalue weighted by Gasteiger charge is 2.30. The Labute approximate surface area is 229 Å². The molecule has 39 heavy (non-hydrogen) atoms. The fourth-order valence-corrected chi connectivity index (χ4v) is 4.93. The van der Waals surface area contributed by atoms with Crippen LogP contribution in [-0.4, -0.2) is 57.4 Å². The van der Waals surface area contributed by atoms with Gasteiger partial charge < -0.3 is 35.3 Å². The molecule has 0 heterocycles. The van der Waals surface area contributed by atoms with Crippen LogP contribution in [0.25, 0.3) is 11.1 Å². The van der Waals surface area contributed by atoms with Crippen molar-refractivity contribution in [1.29, 1.82) is 0 Å². The molecule has 2 aromatic carbocycles. The van der Waals surface area contributed by atoms with Crippen LogP contribution in [0.2, 0.25) is 0 Å². The number of ether oxygens (including phenoxy) is 3. The van der Waals surface area contributed by atoms with Gasteiger partial charge in [-0.2, -0.15) is 0 Å². The maximum atomic E-state index is 13.5. The lowest BCUT2D eigenvalue weighted by Gasteiger charge is -2.22. The number of fused-ring (bicyclic) bond motifs is 3. The average Bonchev–Trinajstić information content (AvgIpc) is 3.14. The summed E-state index contributed by atoms with van der Waals surface area (Å²) >= 11 is 0. The normalized spacial score (nSPS) is 14.8. The lowest BCUT2D eigenvalue weighted by Crippen LogP contribution is -2.44. The van der Waals surface area contributed by atoms with Gasteiger partial charge in [-0.3, -0.25) is 14.4 Å². The summed E-state index contributed by atoms with van der Waals surface area (Å²) in [5.41, 5.74) is 2.96. The van der Waals surface area contributed by atoms with E-state index in [1.807, 2.05) is 26.0 Å². The first-order valence-electron chi connectivity index (χ1n) is 13.1. The topological polar surface area (TPSA) is 135 Å². The number of aryl methyl sites for hydroxylation is 1. The molecular formula is C29H39N3O7. The highest BCUT2D eigenvalue weighted by atomic mass is 16.5. The predicted octanol–water partition coefficient (Wildman–Crippen LogP) is 2.80. The molecule has 0 spiro atoms. The van der Waals surface area contributed by atoms with E-state index in [-0.39, 0.29) is 35.5 Å². The first-order chi connectivity index (χ1) is 18.7. The SMILES string of the molecule is COc1cc2c(c(OC)c1OC)-c1ccc(N[C@@H](C(=O)NCCCO)C(C)C)c(=O)cc1[C@H](NC(C)=O)CC2. The number of anilines is 1. The van der Waals surface area contributed by atoms with Gasteiger partial charge in [0.25, 0.3) is 0 Å². The number of aliphatic hydroxyl groups excluding tert-OH is 1. The van der Waals surface area contributed by atoms with E-state index in [0.717, 1.165) is 11.1 Å². The van der Waals surface area contributed by atoms with Gasteiger partial charge in [-0.1, -0.05) is 19.9 Å². The number of aliphatic hydroxyl groups is 1. The van der Waals surface area contributed by atoms with Gasteiger partial charge in [-0.25, -0.2) is 0 Å². The molecule has 10 heteroatoms. The molecule has 10 nitrogen and oxygen atoms in total. The summed E-state index contributed by atoms with van der Waals surface area (Å²) in [6.45, 7) is 5.53. The van der Waals surface area contributed by atoms with Crippen molar-refractivity contribution in [3.8, 4) is 28.4 Å². The minimum absolute atomic E-state index is 0.0259. The smallest absolute Gasteiger partial charge is 0.242 e. The Morgan fingerprint density at radius 2 is 1.79 bits per heavy atom. The van der Waals surface area contributed by atoms with Crippen LogP contribution in [-0.2, 0) is 16.0 Å². The predicted molar refractivity (Wildman–Crippen MR) is 150 cm³/mol. The van der Waals surface area contributed by atoms with Crippen LogP contribution in [0.1, 0.15) is 50.8 Å². The largest absolute Gasteiger partial charge is 0.493 e. The van der Waals surface area contributed by atoms with E-state index < -0.39 is 12.1 Å². The monoisotopic (exact) mass is 541 g/mol. The fraction of sp³-hybridized carbons (Fsp3) is 0.483. The number of hydrogen-bond donors (Lipinski definition) is 4.